The van der Waals surface area contributed by atoms with Crippen LogP contribution >= 0.6 is 0 Å². The van der Waals surface area contributed by atoms with E-state index < -0.39 is 0 Å². The van der Waals surface area contributed by atoms with Crippen molar-refractivity contribution in [1.29, 1.82) is 5.26 Å². The number of unbranched alkanes of at least 4 members (excludes halogenated alkanes) is 4. The van der Waals surface area contributed by atoms with Gasteiger partial charge in [0.1, 0.15) is 0 Å². The van der Waals surface area contributed by atoms with Crippen molar-refractivity contribution in [3.05, 3.63) is 0 Å². The van der Waals surface area contributed by atoms with Gasteiger partial charge < -0.3 is 4.74 Å². The van der Waals surface area contributed by atoms with Gasteiger partial charge in [0, 0.05) is 6.42 Å². The van der Waals surface area contributed by atoms with E-state index in [4.69, 9.17) is 10.00 Å². The highest BCUT2D eigenvalue weighted by atomic mass is 16.5. The lowest BCUT2D eigenvalue weighted by Crippen LogP contribution is -2.14. The van der Waals surface area contributed by atoms with Crippen molar-refractivity contribution >= 4 is 5.97 Å². The Hall–Kier alpha value is -1.04. The molecular weight excluding hydrogens is 190 g/mol. The Morgan fingerprint density at radius 3 is 2.60 bits per heavy atom. The lowest BCUT2D eigenvalue weighted by Gasteiger charge is -2.08. The zero-order chi connectivity index (χ0) is 11.5. The van der Waals surface area contributed by atoms with Crippen LogP contribution in [0.5, 0.6) is 0 Å². The van der Waals surface area contributed by atoms with Crippen molar-refractivity contribution in [3.63, 3.8) is 0 Å². The molecule has 3 heteroatoms. The summed E-state index contributed by atoms with van der Waals surface area (Å²) < 4.78 is 5.10. The molecule has 0 fully saturated rings. The lowest BCUT2D eigenvalue weighted by molar-refractivity contribution is -0.148. The van der Waals surface area contributed by atoms with Crippen LogP contribution < -0.4 is 0 Å². The molecule has 0 aliphatic carbocycles. The quantitative estimate of drug-likeness (QED) is 0.458. The van der Waals surface area contributed by atoms with Gasteiger partial charge >= 0.3 is 5.97 Å². The van der Waals surface area contributed by atoms with E-state index >= 15 is 0 Å². The molecular formula is C12H21NO2. The fourth-order valence-electron chi connectivity index (χ4n) is 1.14. The van der Waals surface area contributed by atoms with E-state index in [0.29, 0.717) is 13.0 Å². The maximum absolute atomic E-state index is 11.2. The fraction of sp³-hybridized carbons (Fsp3) is 0.833. The number of esters is 1. The molecule has 86 valence electrons. The third kappa shape index (κ3) is 7.99. The summed E-state index contributed by atoms with van der Waals surface area (Å²) in [6.07, 6.45) is 5.42. The van der Waals surface area contributed by atoms with Gasteiger partial charge in [0.2, 0.25) is 0 Å². The van der Waals surface area contributed by atoms with Crippen LogP contribution in [0.15, 0.2) is 0 Å². The first-order chi connectivity index (χ1) is 7.22. The molecule has 0 spiro atoms. The first-order valence-electron chi connectivity index (χ1n) is 5.76. The van der Waals surface area contributed by atoms with Gasteiger partial charge in [-0.1, -0.05) is 26.7 Å². The van der Waals surface area contributed by atoms with E-state index in [1.54, 1.807) is 0 Å². The first kappa shape index (κ1) is 14.0. The number of nitrogens with zero attached hydrogens (tertiary/aromatic N) is 1. The lowest BCUT2D eigenvalue weighted by atomic mass is 10.1. The Labute approximate surface area is 92.4 Å². The maximum atomic E-state index is 11.2. The van der Waals surface area contributed by atoms with E-state index in [0.717, 1.165) is 32.1 Å². The Morgan fingerprint density at radius 2 is 2.00 bits per heavy atom. The summed E-state index contributed by atoms with van der Waals surface area (Å²) >= 11 is 0. The minimum Gasteiger partial charge on any atom is -0.465 e. The summed E-state index contributed by atoms with van der Waals surface area (Å²) in [6.45, 7) is 4.39. The van der Waals surface area contributed by atoms with E-state index in [1.807, 2.05) is 13.8 Å². The molecule has 0 saturated carbocycles. The van der Waals surface area contributed by atoms with Gasteiger partial charge in [-0.15, -0.1) is 0 Å². The van der Waals surface area contributed by atoms with E-state index in [-0.39, 0.29) is 11.9 Å². The van der Waals surface area contributed by atoms with Crippen molar-refractivity contribution in [3.8, 4) is 6.07 Å². The Morgan fingerprint density at radius 1 is 1.33 bits per heavy atom. The van der Waals surface area contributed by atoms with Crippen molar-refractivity contribution < 1.29 is 9.53 Å². The van der Waals surface area contributed by atoms with Gasteiger partial charge in [-0.3, -0.25) is 4.79 Å². The largest absolute Gasteiger partial charge is 0.465 e. The Bertz CT molecular complexity index is 208. The number of carbonyl (C=O) groups excluding carboxylic acids is 1. The number of hydrogen-bond donors (Lipinski definition) is 0. The number of nitriles is 1. The summed E-state index contributed by atoms with van der Waals surface area (Å²) in [7, 11) is 0. The molecule has 1 unspecified atom stereocenters. The Balaban J connectivity index is 3.24. The molecule has 0 bridgehead atoms. The molecule has 0 rings (SSSR count). The second kappa shape index (κ2) is 9.51. The highest BCUT2D eigenvalue weighted by Crippen LogP contribution is 2.06. The van der Waals surface area contributed by atoms with Crippen LogP contribution in [0.3, 0.4) is 0 Å². The molecule has 0 aromatic carbocycles. The molecule has 0 aliphatic heterocycles. The standard InChI is InChI=1S/C12H21NO2/c1-3-11(2)12(14)15-10-8-6-4-5-7-9-13/h11H,3-8,10H2,1-2H3. The van der Waals surface area contributed by atoms with Crippen LogP contribution in [0.2, 0.25) is 0 Å². The highest BCUT2D eigenvalue weighted by Gasteiger charge is 2.10. The fourth-order valence-corrected chi connectivity index (χ4v) is 1.14. The number of carbonyl (C=O) groups is 1. The highest BCUT2D eigenvalue weighted by molar-refractivity contribution is 5.71. The SMILES string of the molecule is CCC(C)C(=O)OCCCCCCC#N. The van der Waals surface area contributed by atoms with Crippen LogP contribution in [0.4, 0.5) is 0 Å². The third-order valence-electron chi connectivity index (χ3n) is 2.44. The molecule has 0 radical (unpaired) electrons. The maximum Gasteiger partial charge on any atom is 0.308 e. The molecule has 0 N–H and O–H groups in total. The molecule has 0 aliphatic rings. The van der Waals surface area contributed by atoms with Crippen molar-refractivity contribution in [2.75, 3.05) is 6.61 Å². The molecule has 1 atom stereocenters. The smallest absolute Gasteiger partial charge is 0.308 e. The first-order valence-corrected chi connectivity index (χ1v) is 5.76. The monoisotopic (exact) mass is 211 g/mol. The van der Waals surface area contributed by atoms with E-state index in [9.17, 15) is 4.79 Å². The number of ether oxygens (including phenoxy) is 1. The predicted molar refractivity (Wildman–Crippen MR) is 59.1 cm³/mol. The molecule has 0 saturated heterocycles. The topological polar surface area (TPSA) is 50.1 Å². The van der Waals surface area contributed by atoms with E-state index in [1.165, 1.54) is 0 Å². The average Bonchev–Trinajstić information content (AvgIpc) is 2.26. The summed E-state index contributed by atoms with van der Waals surface area (Å²) in [4.78, 5) is 11.2. The normalized spacial score (nSPS) is 11.8. The minimum absolute atomic E-state index is 0.0172. The van der Waals surface area contributed by atoms with Gasteiger partial charge in [-0.25, -0.2) is 0 Å². The second-order valence-electron chi connectivity index (χ2n) is 3.80. The molecule has 3 nitrogen and oxygen atoms in total. The van der Waals surface area contributed by atoms with Crippen molar-refractivity contribution in [1.82, 2.24) is 0 Å². The van der Waals surface area contributed by atoms with Gasteiger partial charge in [0.05, 0.1) is 18.6 Å². The van der Waals surface area contributed by atoms with Crippen LogP contribution in [-0.4, -0.2) is 12.6 Å². The molecule has 0 heterocycles. The van der Waals surface area contributed by atoms with Gasteiger partial charge in [-0.05, 0) is 19.3 Å². The molecule has 0 amide bonds. The number of rotatable bonds is 8. The summed E-state index contributed by atoms with van der Waals surface area (Å²) in [6, 6.07) is 2.11. The average molecular weight is 211 g/mol. The third-order valence-corrected chi connectivity index (χ3v) is 2.44. The minimum atomic E-state index is -0.0884. The molecule has 15 heavy (non-hydrogen) atoms. The summed E-state index contributed by atoms with van der Waals surface area (Å²) in [5.41, 5.74) is 0. The van der Waals surface area contributed by atoms with E-state index in [2.05, 4.69) is 6.07 Å². The molecule has 0 aromatic heterocycles. The molecule has 0 aromatic rings. The van der Waals surface area contributed by atoms with Crippen LogP contribution in [0.1, 0.15) is 52.4 Å². The van der Waals surface area contributed by atoms with Crippen molar-refractivity contribution in [2.24, 2.45) is 5.92 Å². The van der Waals surface area contributed by atoms with Crippen LogP contribution in [0, 0.1) is 17.2 Å². The van der Waals surface area contributed by atoms with Gasteiger partial charge in [0.15, 0.2) is 0 Å². The second-order valence-corrected chi connectivity index (χ2v) is 3.80. The van der Waals surface area contributed by atoms with Gasteiger partial charge in [-0.2, -0.15) is 5.26 Å². The summed E-state index contributed by atoms with van der Waals surface area (Å²) in [5.74, 6) is -0.0712. The van der Waals surface area contributed by atoms with Crippen LogP contribution in [0.25, 0.3) is 0 Å². The zero-order valence-corrected chi connectivity index (χ0v) is 9.79. The Kier molecular flexibility index (Phi) is 8.85. The zero-order valence-electron chi connectivity index (χ0n) is 9.79. The van der Waals surface area contributed by atoms with Gasteiger partial charge in [0.25, 0.3) is 0 Å². The number of hydrogen-bond acceptors (Lipinski definition) is 3. The van der Waals surface area contributed by atoms with Crippen molar-refractivity contribution in [2.45, 2.75) is 52.4 Å². The summed E-state index contributed by atoms with van der Waals surface area (Å²) in [5, 5.41) is 8.31. The predicted octanol–water partition coefficient (Wildman–Crippen LogP) is 3.05. The van der Waals surface area contributed by atoms with Crippen LogP contribution in [-0.2, 0) is 9.53 Å².